The van der Waals surface area contributed by atoms with E-state index in [4.69, 9.17) is 4.42 Å². The number of hydrogen-bond donors (Lipinski definition) is 1. The van der Waals surface area contributed by atoms with Gasteiger partial charge in [-0.2, -0.15) is 0 Å². The fourth-order valence-electron chi connectivity index (χ4n) is 1.57. The zero-order valence-electron chi connectivity index (χ0n) is 11.5. The minimum atomic E-state index is -0.131. The molecule has 0 unspecified atom stereocenters. The lowest BCUT2D eigenvalue weighted by molar-refractivity contribution is -0.118. The summed E-state index contributed by atoms with van der Waals surface area (Å²) in [5.74, 6) is 1.17. The highest BCUT2D eigenvalue weighted by Crippen LogP contribution is 2.14. The van der Waals surface area contributed by atoms with Gasteiger partial charge in [0.05, 0.1) is 12.3 Å². The highest BCUT2D eigenvalue weighted by Gasteiger charge is 2.08. The van der Waals surface area contributed by atoms with Gasteiger partial charge >= 0.3 is 0 Å². The van der Waals surface area contributed by atoms with Gasteiger partial charge in [-0.15, -0.1) is 10.2 Å². The Morgan fingerprint density at radius 3 is 2.55 bits per heavy atom. The Labute approximate surface area is 120 Å². The van der Waals surface area contributed by atoms with Gasteiger partial charge in [-0.05, 0) is 19.9 Å². The first-order chi connectivity index (χ1) is 9.52. The summed E-state index contributed by atoms with van der Waals surface area (Å²) in [5, 5.41) is 10.6. The van der Waals surface area contributed by atoms with Gasteiger partial charge in [0.25, 0.3) is 5.22 Å². The fraction of sp³-hybridized carbons (Fsp3) is 0.417. The van der Waals surface area contributed by atoms with Gasteiger partial charge in [0, 0.05) is 18.3 Å². The van der Waals surface area contributed by atoms with Gasteiger partial charge in [0.15, 0.2) is 0 Å². The van der Waals surface area contributed by atoms with E-state index in [0.29, 0.717) is 23.5 Å². The van der Waals surface area contributed by atoms with E-state index in [1.807, 2.05) is 19.9 Å². The molecule has 0 saturated carbocycles. The number of rotatable bonds is 5. The third kappa shape index (κ3) is 4.30. The van der Waals surface area contributed by atoms with Crippen molar-refractivity contribution in [2.75, 3.05) is 5.75 Å². The lowest BCUT2D eigenvalue weighted by Gasteiger charge is -2.05. The normalized spacial score (nSPS) is 10.6. The third-order valence-electron chi connectivity index (χ3n) is 2.31. The maximum absolute atomic E-state index is 11.7. The maximum atomic E-state index is 11.7. The summed E-state index contributed by atoms with van der Waals surface area (Å²) >= 11 is 1.20. The topological polar surface area (TPSA) is 93.8 Å². The monoisotopic (exact) mass is 293 g/mol. The molecule has 106 valence electrons. The predicted octanol–water partition coefficient (Wildman–Crippen LogP) is 1.19. The van der Waals surface area contributed by atoms with Crippen molar-refractivity contribution in [3.63, 3.8) is 0 Å². The van der Waals surface area contributed by atoms with Crippen LogP contribution in [0.1, 0.15) is 23.1 Å². The van der Waals surface area contributed by atoms with Crippen LogP contribution in [0, 0.1) is 20.8 Å². The number of aromatic nitrogens is 4. The predicted molar refractivity (Wildman–Crippen MR) is 73.1 cm³/mol. The van der Waals surface area contributed by atoms with Crippen LogP contribution < -0.4 is 5.32 Å². The van der Waals surface area contributed by atoms with Gasteiger partial charge in [-0.25, -0.2) is 9.97 Å². The second-order valence-corrected chi connectivity index (χ2v) is 5.15. The van der Waals surface area contributed by atoms with Gasteiger partial charge in [0.2, 0.25) is 11.8 Å². The van der Waals surface area contributed by atoms with Crippen LogP contribution in [0.2, 0.25) is 0 Å². The Morgan fingerprint density at radius 2 is 1.95 bits per heavy atom. The first-order valence-electron chi connectivity index (χ1n) is 6.03. The number of amides is 1. The molecule has 20 heavy (non-hydrogen) atoms. The van der Waals surface area contributed by atoms with Crippen molar-refractivity contribution < 1.29 is 9.21 Å². The Balaban J connectivity index is 1.80. The first kappa shape index (κ1) is 14.4. The van der Waals surface area contributed by atoms with Crippen molar-refractivity contribution in [1.29, 1.82) is 0 Å². The van der Waals surface area contributed by atoms with Gasteiger partial charge < -0.3 is 9.73 Å². The average molecular weight is 293 g/mol. The molecule has 0 radical (unpaired) electrons. The molecule has 0 aliphatic carbocycles. The van der Waals surface area contributed by atoms with E-state index in [-0.39, 0.29) is 11.7 Å². The molecular weight excluding hydrogens is 278 g/mol. The number of carbonyl (C=O) groups excluding carboxylic acids is 1. The minimum absolute atomic E-state index is 0.131. The maximum Gasteiger partial charge on any atom is 0.277 e. The number of carbonyl (C=O) groups is 1. The SMILES string of the molecule is Cc1cc(C)nc(CNC(=O)CSc2nnc(C)o2)n1. The Morgan fingerprint density at radius 1 is 1.25 bits per heavy atom. The number of thioether (sulfide) groups is 1. The molecule has 8 heteroatoms. The van der Waals surface area contributed by atoms with Crippen LogP contribution in [-0.2, 0) is 11.3 Å². The fourth-order valence-corrected chi connectivity index (χ4v) is 2.21. The quantitative estimate of drug-likeness (QED) is 0.827. The Bertz CT molecular complexity index is 593. The van der Waals surface area contributed by atoms with Crippen LogP contribution in [0.5, 0.6) is 0 Å². The summed E-state index contributed by atoms with van der Waals surface area (Å²) in [6.45, 7) is 5.81. The summed E-state index contributed by atoms with van der Waals surface area (Å²) in [6, 6.07) is 1.89. The van der Waals surface area contributed by atoms with Crippen molar-refractivity contribution in [2.24, 2.45) is 0 Å². The smallest absolute Gasteiger partial charge is 0.277 e. The number of aryl methyl sites for hydroxylation is 3. The molecule has 2 heterocycles. The standard InChI is InChI=1S/C12H15N5O2S/c1-7-4-8(2)15-10(14-7)5-13-11(18)6-20-12-17-16-9(3)19-12/h4H,5-6H2,1-3H3,(H,13,18). The molecule has 0 spiro atoms. The van der Waals surface area contributed by atoms with Crippen molar-refractivity contribution in [1.82, 2.24) is 25.5 Å². The number of hydrogen-bond acceptors (Lipinski definition) is 7. The highest BCUT2D eigenvalue weighted by molar-refractivity contribution is 7.99. The van der Waals surface area contributed by atoms with Crippen LogP contribution in [-0.4, -0.2) is 31.8 Å². The Hall–Kier alpha value is -1.96. The summed E-state index contributed by atoms with van der Waals surface area (Å²) < 4.78 is 5.16. The van der Waals surface area contributed by atoms with Crippen LogP contribution in [0.3, 0.4) is 0 Å². The van der Waals surface area contributed by atoms with E-state index >= 15 is 0 Å². The Kier molecular flexibility index (Phi) is 4.67. The van der Waals surface area contributed by atoms with Crippen molar-refractivity contribution >= 4 is 17.7 Å². The van der Waals surface area contributed by atoms with Gasteiger partial charge in [0.1, 0.15) is 5.82 Å². The zero-order chi connectivity index (χ0) is 14.5. The molecule has 0 aliphatic heterocycles. The van der Waals surface area contributed by atoms with E-state index in [0.717, 1.165) is 11.4 Å². The second kappa shape index (κ2) is 6.47. The van der Waals surface area contributed by atoms with Gasteiger partial charge in [-0.1, -0.05) is 11.8 Å². The molecule has 2 aromatic heterocycles. The van der Waals surface area contributed by atoms with E-state index in [1.165, 1.54) is 11.8 Å². The van der Waals surface area contributed by atoms with Crippen LogP contribution >= 0.6 is 11.8 Å². The molecule has 0 atom stereocenters. The molecule has 2 aromatic rings. The van der Waals surface area contributed by atoms with Crippen molar-refractivity contribution in [3.8, 4) is 0 Å². The van der Waals surface area contributed by atoms with E-state index < -0.39 is 0 Å². The highest BCUT2D eigenvalue weighted by atomic mass is 32.2. The molecule has 0 aromatic carbocycles. The van der Waals surface area contributed by atoms with Crippen molar-refractivity contribution in [3.05, 3.63) is 29.2 Å². The zero-order valence-corrected chi connectivity index (χ0v) is 12.3. The lowest BCUT2D eigenvalue weighted by Crippen LogP contribution is -2.25. The molecule has 0 bridgehead atoms. The molecule has 0 saturated heterocycles. The molecule has 7 nitrogen and oxygen atoms in total. The molecule has 0 fully saturated rings. The van der Waals surface area contributed by atoms with Crippen LogP contribution in [0.15, 0.2) is 15.7 Å². The molecule has 1 amide bonds. The van der Waals surface area contributed by atoms with E-state index in [2.05, 4.69) is 25.5 Å². The van der Waals surface area contributed by atoms with E-state index in [9.17, 15) is 4.79 Å². The summed E-state index contributed by atoms with van der Waals surface area (Å²) in [6.07, 6.45) is 0. The van der Waals surface area contributed by atoms with Crippen molar-refractivity contribution in [2.45, 2.75) is 32.5 Å². The first-order valence-corrected chi connectivity index (χ1v) is 7.02. The minimum Gasteiger partial charge on any atom is -0.416 e. The van der Waals surface area contributed by atoms with Gasteiger partial charge in [-0.3, -0.25) is 4.79 Å². The molecular formula is C12H15N5O2S. The molecule has 0 aliphatic rings. The average Bonchev–Trinajstić information content (AvgIpc) is 2.79. The van der Waals surface area contributed by atoms with Crippen LogP contribution in [0.4, 0.5) is 0 Å². The second-order valence-electron chi connectivity index (χ2n) is 4.22. The van der Waals surface area contributed by atoms with Crippen LogP contribution in [0.25, 0.3) is 0 Å². The lowest BCUT2D eigenvalue weighted by atomic mass is 10.3. The summed E-state index contributed by atoms with van der Waals surface area (Å²) in [4.78, 5) is 20.2. The molecule has 1 N–H and O–H groups in total. The molecule has 2 rings (SSSR count). The summed E-state index contributed by atoms with van der Waals surface area (Å²) in [5.41, 5.74) is 1.77. The number of nitrogens with zero attached hydrogens (tertiary/aromatic N) is 4. The largest absolute Gasteiger partial charge is 0.416 e. The summed E-state index contributed by atoms with van der Waals surface area (Å²) in [7, 11) is 0. The number of nitrogens with one attached hydrogen (secondary N) is 1. The third-order valence-corrected chi connectivity index (χ3v) is 3.12. The van der Waals surface area contributed by atoms with E-state index in [1.54, 1.807) is 6.92 Å².